The summed E-state index contributed by atoms with van der Waals surface area (Å²) in [6.07, 6.45) is 4.74. The van der Waals surface area contributed by atoms with Gasteiger partial charge in [0.15, 0.2) is 0 Å². The molecule has 0 saturated heterocycles. The third-order valence-electron chi connectivity index (χ3n) is 4.24. The number of hydrogen-bond donors (Lipinski definition) is 1. The van der Waals surface area contributed by atoms with Gasteiger partial charge in [-0.25, -0.2) is 0 Å². The number of nitrogens with two attached hydrogens (primary N) is 1. The first-order chi connectivity index (χ1) is 9.97. The summed E-state index contributed by atoms with van der Waals surface area (Å²) in [5, 5.41) is 0. The van der Waals surface area contributed by atoms with Crippen molar-refractivity contribution in [3.05, 3.63) is 23.8 Å². The lowest BCUT2D eigenvalue weighted by Crippen LogP contribution is -2.29. The van der Waals surface area contributed by atoms with Gasteiger partial charge in [-0.15, -0.1) is 0 Å². The maximum atomic E-state index is 6.32. The Kier molecular flexibility index (Phi) is 5.51. The van der Waals surface area contributed by atoms with Crippen molar-refractivity contribution in [2.45, 2.75) is 58.6 Å². The zero-order valence-electron chi connectivity index (χ0n) is 13.8. The van der Waals surface area contributed by atoms with E-state index in [2.05, 4.69) is 13.8 Å². The highest BCUT2D eigenvalue weighted by Crippen LogP contribution is 2.33. The molecule has 2 N–H and O–H groups in total. The van der Waals surface area contributed by atoms with Gasteiger partial charge in [-0.1, -0.05) is 13.8 Å². The fourth-order valence-electron chi connectivity index (χ4n) is 3.45. The van der Waals surface area contributed by atoms with Gasteiger partial charge in [-0.2, -0.15) is 0 Å². The molecule has 1 aromatic carbocycles. The van der Waals surface area contributed by atoms with Crippen molar-refractivity contribution >= 4 is 0 Å². The van der Waals surface area contributed by atoms with Crippen molar-refractivity contribution in [3.63, 3.8) is 0 Å². The lowest BCUT2D eigenvalue weighted by Gasteiger charge is -2.32. The molecule has 1 aliphatic rings. The Morgan fingerprint density at radius 1 is 1.19 bits per heavy atom. The van der Waals surface area contributed by atoms with E-state index < -0.39 is 0 Å². The second-order valence-electron chi connectivity index (χ2n) is 6.81. The van der Waals surface area contributed by atoms with Gasteiger partial charge >= 0.3 is 0 Å². The van der Waals surface area contributed by atoms with Crippen molar-refractivity contribution in [1.82, 2.24) is 0 Å². The molecule has 3 nitrogen and oxygen atoms in total. The molecular formula is C18H29NO2. The third-order valence-corrected chi connectivity index (χ3v) is 4.24. The molecule has 0 aliphatic heterocycles. The van der Waals surface area contributed by atoms with Gasteiger partial charge in [-0.05, 0) is 68.2 Å². The molecule has 118 valence electrons. The van der Waals surface area contributed by atoms with Crippen LogP contribution in [0.15, 0.2) is 18.2 Å². The Morgan fingerprint density at radius 3 is 2.43 bits per heavy atom. The molecule has 1 aromatic rings. The lowest BCUT2D eigenvalue weighted by molar-refractivity contribution is 0.0999. The van der Waals surface area contributed by atoms with Crippen LogP contribution in [-0.4, -0.2) is 19.3 Å². The smallest absolute Gasteiger partial charge is 0.123 e. The molecule has 0 heterocycles. The standard InChI is InChI=1S/C18H29NO2/c1-12-7-13(2)9-17(8-12)21-18-6-5-16(20-4)11-15(18)10-14(3)19/h5-6,11-14,17H,7-10,19H2,1-4H3. The van der Waals surface area contributed by atoms with Gasteiger partial charge in [0, 0.05) is 6.04 Å². The first-order valence-electron chi connectivity index (χ1n) is 8.07. The number of ether oxygens (including phenoxy) is 2. The average Bonchev–Trinajstić information content (AvgIpc) is 2.39. The van der Waals surface area contributed by atoms with E-state index >= 15 is 0 Å². The monoisotopic (exact) mass is 291 g/mol. The van der Waals surface area contributed by atoms with Gasteiger partial charge < -0.3 is 15.2 Å². The van der Waals surface area contributed by atoms with E-state index in [0.717, 1.165) is 48.2 Å². The lowest BCUT2D eigenvalue weighted by atomic mass is 9.82. The fourth-order valence-corrected chi connectivity index (χ4v) is 3.45. The normalized spacial score (nSPS) is 27.2. The second-order valence-corrected chi connectivity index (χ2v) is 6.81. The minimum atomic E-state index is 0.114. The van der Waals surface area contributed by atoms with E-state index in [4.69, 9.17) is 15.2 Å². The molecule has 3 atom stereocenters. The van der Waals surface area contributed by atoms with Gasteiger partial charge in [0.1, 0.15) is 11.5 Å². The predicted molar refractivity (Wildman–Crippen MR) is 86.9 cm³/mol. The van der Waals surface area contributed by atoms with Crippen molar-refractivity contribution in [2.24, 2.45) is 17.6 Å². The number of hydrogen-bond acceptors (Lipinski definition) is 3. The summed E-state index contributed by atoms with van der Waals surface area (Å²) in [7, 11) is 1.69. The topological polar surface area (TPSA) is 44.5 Å². The van der Waals surface area contributed by atoms with Gasteiger partial charge in [0.25, 0.3) is 0 Å². The summed E-state index contributed by atoms with van der Waals surface area (Å²) in [6.45, 7) is 6.67. The Labute approximate surface area is 128 Å². The van der Waals surface area contributed by atoms with Crippen LogP contribution in [0.25, 0.3) is 0 Å². The summed E-state index contributed by atoms with van der Waals surface area (Å²) in [4.78, 5) is 0. The highest BCUT2D eigenvalue weighted by atomic mass is 16.5. The van der Waals surface area contributed by atoms with E-state index in [1.165, 1.54) is 6.42 Å². The van der Waals surface area contributed by atoms with Crippen LogP contribution in [0, 0.1) is 11.8 Å². The third kappa shape index (κ3) is 4.63. The Bertz CT molecular complexity index is 449. The summed E-state index contributed by atoms with van der Waals surface area (Å²) in [5.41, 5.74) is 7.11. The van der Waals surface area contributed by atoms with Crippen molar-refractivity contribution in [2.75, 3.05) is 7.11 Å². The first-order valence-corrected chi connectivity index (χ1v) is 8.07. The molecule has 0 spiro atoms. The molecule has 3 unspecified atom stereocenters. The van der Waals surface area contributed by atoms with Gasteiger partial charge in [-0.3, -0.25) is 0 Å². The Morgan fingerprint density at radius 2 is 1.86 bits per heavy atom. The molecule has 1 aliphatic carbocycles. The molecule has 1 saturated carbocycles. The van der Waals surface area contributed by atoms with E-state index in [9.17, 15) is 0 Å². The number of rotatable bonds is 5. The quantitative estimate of drug-likeness (QED) is 0.897. The van der Waals surface area contributed by atoms with Crippen LogP contribution in [0.1, 0.15) is 45.6 Å². The predicted octanol–water partition coefficient (Wildman–Crippen LogP) is 3.79. The maximum Gasteiger partial charge on any atom is 0.123 e. The van der Waals surface area contributed by atoms with Crippen LogP contribution >= 0.6 is 0 Å². The highest BCUT2D eigenvalue weighted by molar-refractivity contribution is 5.41. The van der Waals surface area contributed by atoms with Crippen LogP contribution in [0.3, 0.4) is 0 Å². The van der Waals surface area contributed by atoms with Crippen LogP contribution in [0.5, 0.6) is 11.5 Å². The van der Waals surface area contributed by atoms with Crippen LogP contribution in [0.2, 0.25) is 0 Å². The van der Waals surface area contributed by atoms with E-state index in [0.29, 0.717) is 6.10 Å². The molecular weight excluding hydrogens is 262 g/mol. The van der Waals surface area contributed by atoms with Gasteiger partial charge in [0.05, 0.1) is 13.2 Å². The number of methoxy groups -OCH3 is 1. The molecule has 0 bridgehead atoms. The summed E-state index contributed by atoms with van der Waals surface area (Å²) < 4.78 is 11.6. The molecule has 0 amide bonds. The average molecular weight is 291 g/mol. The van der Waals surface area contributed by atoms with E-state index in [1.54, 1.807) is 7.11 Å². The number of benzene rings is 1. The largest absolute Gasteiger partial charge is 0.497 e. The molecule has 21 heavy (non-hydrogen) atoms. The van der Waals surface area contributed by atoms with Crippen LogP contribution < -0.4 is 15.2 Å². The Balaban J connectivity index is 2.14. The van der Waals surface area contributed by atoms with Crippen molar-refractivity contribution < 1.29 is 9.47 Å². The summed E-state index contributed by atoms with van der Waals surface area (Å²) in [6, 6.07) is 6.16. The van der Waals surface area contributed by atoms with Crippen LogP contribution in [0.4, 0.5) is 0 Å². The summed E-state index contributed by atoms with van der Waals surface area (Å²) >= 11 is 0. The van der Waals surface area contributed by atoms with Crippen molar-refractivity contribution in [1.29, 1.82) is 0 Å². The van der Waals surface area contributed by atoms with Crippen molar-refractivity contribution in [3.8, 4) is 11.5 Å². The molecule has 3 heteroatoms. The minimum absolute atomic E-state index is 0.114. The molecule has 0 aromatic heterocycles. The van der Waals surface area contributed by atoms with E-state index in [1.807, 2.05) is 25.1 Å². The maximum absolute atomic E-state index is 6.32. The highest BCUT2D eigenvalue weighted by Gasteiger charge is 2.26. The fraction of sp³-hybridized carbons (Fsp3) is 0.667. The minimum Gasteiger partial charge on any atom is -0.497 e. The SMILES string of the molecule is COc1ccc(OC2CC(C)CC(C)C2)c(CC(C)N)c1. The zero-order valence-corrected chi connectivity index (χ0v) is 13.8. The molecule has 0 radical (unpaired) electrons. The zero-order chi connectivity index (χ0) is 15.4. The van der Waals surface area contributed by atoms with E-state index in [-0.39, 0.29) is 6.04 Å². The first kappa shape index (κ1) is 16.2. The molecule has 2 rings (SSSR count). The van der Waals surface area contributed by atoms with Gasteiger partial charge in [0.2, 0.25) is 0 Å². The Hall–Kier alpha value is -1.22. The van der Waals surface area contributed by atoms with Crippen LogP contribution in [-0.2, 0) is 6.42 Å². The second kappa shape index (κ2) is 7.17. The summed E-state index contributed by atoms with van der Waals surface area (Å²) in [5.74, 6) is 3.32. The molecule has 1 fully saturated rings.